The predicted octanol–water partition coefficient (Wildman–Crippen LogP) is 3.03. The lowest BCUT2D eigenvalue weighted by molar-refractivity contribution is 0.189. The van der Waals surface area contributed by atoms with Crippen LogP contribution < -0.4 is 9.47 Å². The number of hydrogen-bond acceptors (Lipinski definition) is 4. The SMILES string of the molecule is COc1cc(C)nc(COc2ccccc2[C@@H](C)O)c1. The van der Waals surface area contributed by atoms with Crippen molar-refractivity contribution in [2.45, 2.75) is 26.6 Å². The zero-order chi connectivity index (χ0) is 14.5. The molecule has 0 radical (unpaired) electrons. The topological polar surface area (TPSA) is 51.6 Å². The van der Waals surface area contributed by atoms with E-state index in [-0.39, 0.29) is 0 Å². The lowest BCUT2D eigenvalue weighted by Crippen LogP contribution is -2.03. The molecule has 1 N–H and O–H groups in total. The Morgan fingerprint density at radius 2 is 2.00 bits per heavy atom. The summed E-state index contributed by atoms with van der Waals surface area (Å²) in [7, 11) is 1.63. The van der Waals surface area contributed by atoms with Gasteiger partial charge < -0.3 is 14.6 Å². The monoisotopic (exact) mass is 273 g/mol. The first-order chi connectivity index (χ1) is 9.60. The van der Waals surface area contributed by atoms with Gasteiger partial charge in [-0.25, -0.2) is 0 Å². The molecule has 0 aliphatic carbocycles. The minimum absolute atomic E-state index is 0.335. The molecule has 1 heterocycles. The largest absolute Gasteiger partial charge is 0.497 e. The van der Waals surface area contributed by atoms with Gasteiger partial charge in [-0.3, -0.25) is 4.98 Å². The summed E-state index contributed by atoms with van der Waals surface area (Å²) in [6.07, 6.45) is -0.564. The number of ether oxygens (including phenoxy) is 2. The van der Waals surface area contributed by atoms with Gasteiger partial charge in [0.25, 0.3) is 0 Å². The maximum atomic E-state index is 9.71. The van der Waals surface area contributed by atoms with Gasteiger partial charge in [0.1, 0.15) is 18.1 Å². The lowest BCUT2D eigenvalue weighted by atomic mass is 10.1. The molecule has 0 aliphatic rings. The molecule has 2 rings (SSSR count). The van der Waals surface area contributed by atoms with Crippen LogP contribution in [0.15, 0.2) is 36.4 Å². The van der Waals surface area contributed by atoms with Crippen LogP contribution in [0.5, 0.6) is 11.5 Å². The molecule has 2 aromatic rings. The van der Waals surface area contributed by atoms with Crippen molar-refractivity contribution in [1.82, 2.24) is 4.98 Å². The van der Waals surface area contributed by atoms with E-state index in [1.54, 1.807) is 14.0 Å². The van der Waals surface area contributed by atoms with E-state index in [4.69, 9.17) is 9.47 Å². The molecular weight excluding hydrogens is 254 g/mol. The number of para-hydroxylation sites is 1. The molecule has 1 aromatic carbocycles. The summed E-state index contributed by atoms with van der Waals surface area (Å²) in [6, 6.07) is 11.2. The van der Waals surface area contributed by atoms with Gasteiger partial charge in [0.2, 0.25) is 0 Å². The smallest absolute Gasteiger partial charge is 0.130 e. The molecule has 106 valence electrons. The molecule has 20 heavy (non-hydrogen) atoms. The van der Waals surface area contributed by atoms with Crippen LogP contribution in [0.25, 0.3) is 0 Å². The van der Waals surface area contributed by atoms with Crippen LogP contribution in [-0.4, -0.2) is 17.2 Å². The summed E-state index contributed by atoms with van der Waals surface area (Å²) >= 11 is 0. The second kappa shape index (κ2) is 6.39. The van der Waals surface area contributed by atoms with Gasteiger partial charge in [0, 0.05) is 23.4 Å². The minimum Gasteiger partial charge on any atom is -0.497 e. The number of aryl methyl sites for hydroxylation is 1. The van der Waals surface area contributed by atoms with Gasteiger partial charge in [-0.1, -0.05) is 18.2 Å². The number of aliphatic hydroxyl groups is 1. The van der Waals surface area contributed by atoms with Crippen molar-refractivity contribution in [1.29, 1.82) is 0 Å². The van der Waals surface area contributed by atoms with E-state index in [2.05, 4.69) is 4.98 Å². The molecule has 0 fully saturated rings. The second-order valence-corrected chi connectivity index (χ2v) is 4.64. The first-order valence-electron chi connectivity index (χ1n) is 6.51. The minimum atomic E-state index is -0.564. The first-order valence-corrected chi connectivity index (χ1v) is 6.51. The molecule has 0 unspecified atom stereocenters. The van der Waals surface area contributed by atoms with E-state index >= 15 is 0 Å². The average Bonchev–Trinajstić information content (AvgIpc) is 2.44. The summed E-state index contributed by atoms with van der Waals surface area (Å²) in [6.45, 7) is 3.97. The van der Waals surface area contributed by atoms with Crippen molar-refractivity contribution >= 4 is 0 Å². The number of benzene rings is 1. The van der Waals surface area contributed by atoms with Crippen molar-refractivity contribution in [2.24, 2.45) is 0 Å². The number of aromatic nitrogens is 1. The Labute approximate surface area is 119 Å². The van der Waals surface area contributed by atoms with E-state index in [1.165, 1.54) is 0 Å². The fraction of sp³-hybridized carbons (Fsp3) is 0.312. The summed E-state index contributed by atoms with van der Waals surface area (Å²) < 4.78 is 11.0. The number of hydrogen-bond donors (Lipinski definition) is 1. The van der Waals surface area contributed by atoms with Crippen molar-refractivity contribution < 1.29 is 14.6 Å². The number of rotatable bonds is 5. The second-order valence-electron chi connectivity index (χ2n) is 4.64. The molecule has 0 aliphatic heterocycles. The Morgan fingerprint density at radius 3 is 2.70 bits per heavy atom. The van der Waals surface area contributed by atoms with E-state index in [0.717, 1.165) is 22.7 Å². The Balaban J connectivity index is 2.15. The third-order valence-corrected chi connectivity index (χ3v) is 2.96. The maximum absolute atomic E-state index is 9.71. The molecule has 0 saturated carbocycles. The number of aliphatic hydroxyl groups excluding tert-OH is 1. The molecule has 4 heteroatoms. The fourth-order valence-corrected chi connectivity index (χ4v) is 2.00. The zero-order valence-corrected chi connectivity index (χ0v) is 12.0. The summed E-state index contributed by atoms with van der Waals surface area (Å²) in [5.41, 5.74) is 2.45. The van der Waals surface area contributed by atoms with Crippen LogP contribution in [0.2, 0.25) is 0 Å². The highest BCUT2D eigenvalue weighted by Gasteiger charge is 2.09. The third kappa shape index (κ3) is 3.48. The van der Waals surface area contributed by atoms with Crippen LogP contribution in [0.1, 0.15) is 30.0 Å². The Hall–Kier alpha value is -2.07. The Morgan fingerprint density at radius 1 is 1.25 bits per heavy atom. The van der Waals surface area contributed by atoms with Crippen molar-refractivity contribution in [3.63, 3.8) is 0 Å². The third-order valence-electron chi connectivity index (χ3n) is 2.96. The number of pyridine rings is 1. The highest BCUT2D eigenvalue weighted by Crippen LogP contribution is 2.25. The van der Waals surface area contributed by atoms with Gasteiger partial charge in [0.05, 0.1) is 18.9 Å². The van der Waals surface area contributed by atoms with Gasteiger partial charge >= 0.3 is 0 Å². The van der Waals surface area contributed by atoms with Crippen LogP contribution in [-0.2, 0) is 6.61 Å². The molecule has 0 spiro atoms. The van der Waals surface area contributed by atoms with Crippen LogP contribution in [0.3, 0.4) is 0 Å². The summed E-state index contributed by atoms with van der Waals surface area (Å²) in [4.78, 5) is 4.40. The molecular formula is C16H19NO3. The first kappa shape index (κ1) is 14.3. The lowest BCUT2D eigenvalue weighted by Gasteiger charge is -2.13. The Bertz CT molecular complexity index is 582. The van der Waals surface area contributed by atoms with Crippen molar-refractivity contribution in [2.75, 3.05) is 7.11 Å². The molecule has 0 saturated heterocycles. The maximum Gasteiger partial charge on any atom is 0.130 e. The standard InChI is InChI=1S/C16H19NO3/c1-11-8-14(19-3)9-13(17-11)10-20-16-7-5-4-6-15(16)12(2)18/h4-9,12,18H,10H2,1-3H3/t12-/m1/s1. The molecule has 0 amide bonds. The summed E-state index contributed by atoms with van der Waals surface area (Å²) in [5.74, 6) is 1.43. The zero-order valence-electron chi connectivity index (χ0n) is 12.0. The van der Waals surface area contributed by atoms with Crippen LogP contribution in [0.4, 0.5) is 0 Å². The van der Waals surface area contributed by atoms with E-state index in [1.807, 2.05) is 43.3 Å². The fourth-order valence-electron chi connectivity index (χ4n) is 2.00. The van der Waals surface area contributed by atoms with Gasteiger partial charge in [0.15, 0.2) is 0 Å². The number of methoxy groups -OCH3 is 1. The van der Waals surface area contributed by atoms with Crippen LogP contribution >= 0.6 is 0 Å². The van der Waals surface area contributed by atoms with Crippen molar-refractivity contribution in [3.05, 3.63) is 53.3 Å². The molecule has 0 bridgehead atoms. The molecule has 4 nitrogen and oxygen atoms in total. The van der Waals surface area contributed by atoms with Crippen LogP contribution in [0, 0.1) is 6.92 Å². The van der Waals surface area contributed by atoms with Gasteiger partial charge in [-0.15, -0.1) is 0 Å². The predicted molar refractivity (Wildman–Crippen MR) is 76.9 cm³/mol. The van der Waals surface area contributed by atoms with E-state index in [0.29, 0.717) is 12.4 Å². The highest BCUT2D eigenvalue weighted by molar-refractivity contribution is 5.35. The normalized spacial score (nSPS) is 12.0. The molecule has 1 aromatic heterocycles. The molecule has 1 atom stereocenters. The Kier molecular flexibility index (Phi) is 4.58. The summed E-state index contributed by atoms with van der Waals surface area (Å²) in [5, 5.41) is 9.71. The highest BCUT2D eigenvalue weighted by atomic mass is 16.5. The van der Waals surface area contributed by atoms with E-state index < -0.39 is 6.10 Å². The van der Waals surface area contributed by atoms with E-state index in [9.17, 15) is 5.11 Å². The number of nitrogens with zero attached hydrogens (tertiary/aromatic N) is 1. The van der Waals surface area contributed by atoms with Gasteiger partial charge in [-0.2, -0.15) is 0 Å². The van der Waals surface area contributed by atoms with Crippen molar-refractivity contribution in [3.8, 4) is 11.5 Å². The quantitative estimate of drug-likeness (QED) is 0.909. The van der Waals surface area contributed by atoms with Gasteiger partial charge in [-0.05, 0) is 19.9 Å². The average molecular weight is 273 g/mol.